The van der Waals surface area contributed by atoms with Crippen LogP contribution in [0.3, 0.4) is 0 Å². The molecule has 1 aromatic carbocycles. The van der Waals surface area contributed by atoms with Gasteiger partial charge in [0.15, 0.2) is 0 Å². The van der Waals surface area contributed by atoms with E-state index in [1.54, 1.807) is 0 Å². The van der Waals surface area contributed by atoms with Gasteiger partial charge in [-0.05, 0) is 30.5 Å². The van der Waals surface area contributed by atoms with E-state index in [0.29, 0.717) is 6.42 Å². The zero-order valence-corrected chi connectivity index (χ0v) is 10.3. The number of carbonyl (C=O) groups is 1. The van der Waals surface area contributed by atoms with E-state index >= 15 is 0 Å². The largest absolute Gasteiger partial charge is 0.480 e. The second kappa shape index (κ2) is 6.01. The lowest BCUT2D eigenvalue weighted by Crippen LogP contribution is -2.31. The highest BCUT2D eigenvalue weighted by atomic mass is 19.1. The fourth-order valence-corrected chi connectivity index (χ4v) is 1.58. The molecule has 2 N–H and O–H groups in total. The topological polar surface area (TPSA) is 73.1 Å². The summed E-state index contributed by atoms with van der Waals surface area (Å²) in [6.45, 7) is 3.79. The molecule has 0 amide bonds. The fraction of sp³-hybridized carbons (Fsp3) is 0.385. The zero-order chi connectivity index (χ0) is 13.7. The van der Waals surface area contributed by atoms with E-state index in [9.17, 15) is 9.18 Å². The summed E-state index contributed by atoms with van der Waals surface area (Å²) >= 11 is 0. The lowest BCUT2D eigenvalue weighted by Gasteiger charge is -2.18. The highest BCUT2D eigenvalue weighted by Crippen LogP contribution is 2.18. The van der Waals surface area contributed by atoms with Crippen LogP contribution < -0.4 is 5.32 Å². The van der Waals surface area contributed by atoms with Crippen LogP contribution in [-0.4, -0.2) is 17.1 Å². The Bertz CT molecular complexity index is 480. The van der Waals surface area contributed by atoms with E-state index in [-0.39, 0.29) is 17.2 Å². The van der Waals surface area contributed by atoms with Crippen LogP contribution in [0, 0.1) is 23.1 Å². The minimum atomic E-state index is -1.02. The van der Waals surface area contributed by atoms with Crippen LogP contribution in [0.15, 0.2) is 18.2 Å². The molecule has 5 heteroatoms. The summed E-state index contributed by atoms with van der Waals surface area (Å²) in [5, 5.41) is 20.3. The van der Waals surface area contributed by atoms with Crippen LogP contribution in [-0.2, 0) is 4.79 Å². The number of carboxylic acids is 1. The van der Waals surface area contributed by atoms with Crippen molar-refractivity contribution in [2.24, 2.45) is 5.92 Å². The monoisotopic (exact) mass is 250 g/mol. The van der Waals surface area contributed by atoms with Gasteiger partial charge >= 0.3 is 5.97 Å². The molecular formula is C13H15FN2O2. The maximum Gasteiger partial charge on any atom is 0.326 e. The van der Waals surface area contributed by atoms with Crippen molar-refractivity contribution in [2.45, 2.75) is 26.3 Å². The second-order valence-electron chi connectivity index (χ2n) is 4.47. The van der Waals surface area contributed by atoms with Gasteiger partial charge in [-0.1, -0.05) is 13.8 Å². The molecule has 0 radical (unpaired) electrons. The second-order valence-corrected chi connectivity index (χ2v) is 4.47. The Morgan fingerprint density at radius 1 is 1.56 bits per heavy atom. The molecule has 1 rings (SSSR count). The smallest absolute Gasteiger partial charge is 0.326 e. The predicted molar refractivity (Wildman–Crippen MR) is 65.6 cm³/mol. The highest BCUT2D eigenvalue weighted by Gasteiger charge is 2.19. The number of carboxylic acid groups (broad SMARTS) is 1. The first kappa shape index (κ1) is 14.0. The van der Waals surface area contributed by atoms with Crippen molar-refractivity contribution in [3.05, 3.63) is 29.6 Å². The summed E-state index contributed by atoms with van der Waals surface area (Å²) in [6.07, 6.45) is 0.398. The highest BCUT2D eigenvalue weighted by molar-refractivity contribution is 5.77. The Labute approximate surface area is 105 Å². The number of anilines is 1. The van der Waals surface area contributed by atoms with Crippen molar-refractivity contribution in [3.8, 4) is 6.07 Å². The third kappa shape index (κ3) is 3.74. The van der Waals surface area contributed by atoms with Crippen LogP contribution in [0.5, 0.6) is 0 Å². The average Bonchev–Trinajstić information content (AvgIpc) is 2.29. The SMILES string of the molecule is CC(C)CC(Nc1ccc(C#N)cc1F)C(=O)O. The first-order chi connectivity index (χ1) is 8.43. The van der Waals surface area contributed by atoms with Crippen molar-refractivity contribution in [3.63, 3.8) is 0 Å². The van der Waals surface area contributed by atoms with E-state index < -0.39 is 17.8 Å². The van der Waals surface area contributed by atoms with Crippen LogP contribution in [0.4, 0.5) is 10.1 Å². The molecule has 0 bridgehead atoms. The Balaban J connectivity index is 2.88. The molecule has 0 fully saturated rings. The molecule has 1 atom stereocenters. The van der Waals surface area contributed by atoms with E-state index in [1.807, 2.05) is 19.9 Å². The van der Waals surface area contributed by atoms with Crippen LogP contribution >= 0.6 is 0 Å². The molecule has 1 aromatic rings. The Kier molecular flexibility index (Phi) is 4.67. The quantitative estimate of drug-likeness (QED) is 0.842. The lowest BCUT2D eigenvalue weighted by molar-refractivity contribution is -0.138. The minimum Gasteiger partial charge on any atom is -0.480 e. The number of benzene rings is 1. The van der Waals surface area contributed by atoms with E-state index in [0.717, 1.165) is 6.07 Å². The van der Waals surface area contributed by atoms with Gasteiger partial charge in [0.2, 0.25) is 0 Å². The molecule has 0 aliphatic carbocycles. The summed E-state index contributed by atoms with van der Waals surface area (Å²) in [6, 6.07) is 4.88. The van der Waals surface area contributed by atoms with Crippen LogP contribution in [0.2, 0.25) is 0 Å². The first-order valence-electron chi connectivity index (χ1n) is 5.63. The predicted octanol–water partition coefficient (Wildman–Crippen LogP) is 2.61. The molecule has 0 saturated carbocycles. The average molecular weight is 250 g/mol. The van der Waals surface area contributed by atoms with Crippen LogP contribution in [0.25, 0.3) is 0 Å². The van der Waals surface area contributed by atoms with Gasteiger partial charge in [0, 0.05) is 0 Å². The summed E-state index contributed by atoms with van der Waals surface area (Å²) in [7, 11) is 0. The Morgan fingerprint density at radius 3 is 2.67 bits per heavy atom. The number of hydrogen-bond donors (Lipinski definition) is 2. The number of nitrogens with zero attached hydrogens (tertiary/aromatic N) is 1. The van der Waals surface area contributed by atoms with Crippen molar-refractivity contribution >= 4 is 11.7 Å². The number of rotatable bonds is 5. The maximum atomic E-state index is 13.6. The molecule has 0 aromatic heterocycles. The molecule has 0 saturated heterocycles. The molecular weight excluding hydrogens is 235 g/mol. The number of nitrogens with one attached hydrogen (secondary N) is 1. The molecule has 0 heterocycles. The molecule has 0 spiro atoms. The van der Waals surface area contributed by atoms with Gasteiger partial charge < -0.3 is 10.4 Å². The molecule has 0 aliphatic rings. The lowest BCUT2D eigenvalue weighted by atomic mass is 10.0. The van der Waals surface area contributed by atoms with Gasteiger partial charge in [0.25, 0.3) is 0 Å². The van der Waals surface area contributed by atoms with E-state index in [1.165, 1.54) is 12.1 Å². The van der Waals surface area contributed by atoms with E-state index in [4.69, 9.17) is 10.4 Å². The summed E-state index contributed by atoms with van der Waals surface area (Å²) in [5.41, 5.74) is 0.302. The third-order valence-electron chi connectivity index (χ3n) is 2.43. The minimum absolute atomic E-state index is 0.0991. The number of halogens is 1. The Hall–Kier alpha value is -2.09. The standard InChI is InChI=1S/C13H15FN2O2/c1-8(2)5-12(13(17)18)16-11-4-3-9(7-15)6-10(11)14/h3-4,6,8,12,16H,5H2,1-2H3,(H,17,18). The van der Waals surface area contributed by atoms with E-state index in [2.05, 4.69) is 5.32 Å². The van der Waals surface area contributed by atoms with Crippen molar-refractivity contribution < 1.29 is 14.3 Å². The van der Waals surface area contributed by atoms with Gasteiger partial charge in [0.05, 0.1) is 17.3 Å². The summed E-state index contributed by atoms with van der Waals surface area (Å²) in [5.74, 6) is -1.46. The number of hydrogen-bond acceptors (Lipinski definition) is 3. The van der Waals surface area contributed by atoms with Crippen LogP contribution in [0.1, 0.15) is 25.8 Å². The number of aliphatic carboxylic acids is 1. The van der Waals surface area contributed by atoms with Gasteiger partial charge in [-0.3, -0.25) is 0 Å². The van der Waals surface area contributed by atoms with Crippen molar-refractivity contribution in [1.29, 1.82) is 5.26 Å². The van der Waals surface area contributed by atoms with Crippen molar-refractivity contribution in [2.75, 3.05) is 5.32 Å². The normalized spacial score (nSPS) is 11.9. The van der Waals surface area contributed by atoms with Crippen molar-refractivity contribution in [1.82, 2.24) is 0 Å². The zero-order valence-electron chi connectivity index (χ0n) is 10.3. The molecule has 18 heavy (non-hydrogen) atoms. The molecule has 1 unspecified atom stereocenters. The molecule has 96 valence electrons. The van der Waals surface area contributed by atoms with Gasteiger partial charge in [0.1, 0.15) is 11.9 Å². The summed E-state index contributed by atoms with van der Waals surface area (Å²) < 4.78 is 13.6. The Morgan fingerprint density at radius 2 is 2.22 bits per heavy atom. The molecule has 4 nitrogen and oxygen atoms in total. The maximum absolute atomic E-state index is 13.6. The van der Waals surface area contributed by atoms with Gasteiger partial charge in [-0.25, -0.2) is 9.18 Å². The number of nitriles is 1. The fourth-order valence-electron chi connectivity index (χ4n) is 1.58. The first-order valence-corrected chi connectivity index (χ1v) is 5.63. The van der Waals surface area contributed by atoms with Gasteiger partial charge in [-0.2, -0.15) is 5.26 Å². The summed E-state index contributed by atoms with van der Waals surface area (Å²) in [4.78, 5) is 11.0. The molecule has 0 aliphatic heterocycles. The van der Waals surface area contributed by atoms with Gasteiger partial charge in [-0.15, -0.1) is 0 Å². The third-order valence-corrected chi connectivity index (χ3v) is 2.43.